The molecule has 6 nitrogen and oxygen atoms in total. The Morgan fingerprint density at radius 1 is 1.29 bits per heavy atom. The zero-order valence-electron chi connectivity index (χ0n) is 9.63. The molecule has 0 aliphatic carbocycles. The van der Waals surface area contributed by atoms with E-state index in [9.17, 15) is 8.42 Å². The van der Waals surface area contributed by atoms with Crippen molar-refractivity contribution < 1.29 is 12.9 Å². The topological polar surface area (TPSA) is 86.0 Å². The van der Waals surface area contributed by atoms with Gasteiger partial charge in [0.05, 0.1) is 11.3 Å². The van der Waals surface area contributed by atoms with Crippen LogP contribution in [0, 0.1) is 13.8 Å². The maximum atomic E-state index is 11.4. The number of hydrogen-bond donors (Lipinski definition) is 0. The smallest absolute Gasteiger partial charge is 0.192 e. The van der Waals surface area contributed by atoms with Gasteiger partial charge in [-0.05, 0) is 19.9 Å². The summed E-state index contributed by atoms with van der Waals surface area (Å²) < 4.78 is 27.8. The Kier molecular flexibility index (Phi) is 2.70. The van der Waals surface area contributed by atoms with Crippen molar-refractivity contribution in [3.63, 3.8) is 0 Å². The van der Waals surface area contributed by atoms with E-state index in [4.69, 9.17) is 4.52 Å². The molecule has 0 unspecified atom stereocenters. The van der Waals surface area contributed by atoms with Gasteiger partial charge in [0.1, 0.15) is 5.76 Å². The second-order valence-corrected chi connectivity index (χ2v) is 5.65. The number of aromatic nitrogens is 3. The number of hydrogen-bond acceptors (Lipinski definition) is 6. The average Bonchev–Trinajstić information content (AvgIpc) is 2.57. The van der Waals surface area contributed by atoms with Gasteiger partial charge in [-0.25, -0.2) is 18.4 Å². The maximum absolute atomic E-state index is 11.4. The largest absolute Gasteiger partial charge is 0.361 e. The van der Waals surface area contributed by atoms with Crippen LogP contribution in [0.5, 0.6) is 0 Å². The van der Waals surface area contributed by atoms with Gasteiger partial charge >= 0.3 is 0 Å². The lowest BCUT2D eigenvalue weighted by molar-refractivity contribution is 0.393. The molecule has 0 bridgehead atoms. The number of nitrogens with zero attached hydrogens (tertiary/aromatic N) is 3. The third-order valence-corrected chi connectivity index (χ3v) is 3.25. The van der Waals surface area contributed by atoms with Crippen molar-refractivity contribution in [2.75, 3.05) is 6.26 Å². The molecule has 2 rings (SSSR count). The van der Waals surface area contributed by atoms with Crippen LogP contribution in [-0.4, -0.2) is 29.8 Å². The third kappa shape index (κ3) is 2.19. The van der Waals surface area contributed by atoms with Crippen molar-refractivity contribution in [1.29, 1.82) is 0 Å². The average molecular weight is 253 g/mol. The summed E-state index contributed by atoms with van der Waals surface area (Å²) in [5.41, 5.74) is 1.27. The molecule has 2 aromatic rings. The Bertz CT molecular complexity index is 642. The van der Waals surface area contributed by atoms with Crippen LogP contribution in [0.1, 0.15) is 11.5 Å². The molecule has 0 aromatic carbocycles. The van der Waals surface area contributed by atoms with Crippen molar-refractivity contribution in [3.8, 4) is 11.4 Å². The molecule has 0 amide bonds. The Morgan fingerprint density at radius 2 is 2.00 bits per heavy atom. The van der Waals surface area contributed by atoms with Crippen molar-refractivity contribution in [3.05, 3.63) is 23.7 Å². The first-order valence-electron chi connectivity index (χ1n) is 4.86. The lowest BCUT2D eigenvalue weighted by Gasteiger charge is -2.01. The molecule has 0 saturated carbocycles. The van der Waals surface area contributed by atoms with Gasteiger partial charge in [-0.1, -0.05) is 5.16 Å². The van der Waals surface area contributed by atoms with E-state index in [0.29, 0.717) is 22.8 Å². The fourth-order valence-electron chi connectivity index (χ4n) is 1.47. The van der Waals surface area contributed by atoms with E-state index in [1.165, 1.54) is 12.3 Å². The summed E-state index contributed by atoms with van der Waals surface area (Å²) in [6, 6.07) is 1.36. The Labute approximate surface area is 98.6 Å². The minimum atomic E-state index is -3.34. The van der Waals surface area contributed by atoms with Gasteiger partial charge in [0.15, 0.2) is 20.7 Å². The minimum Gasteiger partial charge on any atom is -0.361 e. The molecule has 0 aliphatic heterocycles. The summed E-state index contributed by atoms with van der Waals surface area (Å²) >= 11 is 0. The van der Waals surface area contributed by atoms with Gasteiger partial charge in [0.2, 0.25) is 0 Å². The van der Waals surface area contributed by atoms with Crippen molar-refractivity contribution in [2.24, 2.45) is 0 Å². The molecule has 2 aromatic heterocycles. The van der Waals surface area contributed by atoms with Crippen LogP contribution in [0.3, 0.4) is 0 Å². The van der Waals surface area contributed by atoms with E-state index >= 15 is 0 Å². The highest BCUT2D eigenvalue weighted by Gasteiger charge is 2.17. The molecule has 0 fully saturated rings. The molecular weight excluding hydrogens is 242 g/mol. The maximum Gasteiger partial charge on any atom is 0.192 e. The SMILES string of the molecule is Cc1noc(C)c1-c1nccc(S(C)(=O)=O)n1. The summed E-state index contributed by atoms with van der Waals surface area (Å²) in [6.07, 6.45) is 2.51. The number of aryl methyl sites for hydroxylation is 2. The van der Waals surface area contributed by atoms with Gasteiger partial charge in [-0.2, -0.15) is 0 Å². The van der Waals surface area contributed by atoms with E-state index < -0.39 is 9.84 Å². The molecule has 0 atom stereocenters. The standard InChI is InChI=1S/C10H11N3O3S/c1-6-9(7(2)16-13-6)10-11-5-4-8(12-10)17(3,14)15/h4-5H,1-3H3. The second-order valence-electron chi connectivity index (χ2n) is 3.69. The van der Waals surface area contributed by atoms with Crippen LogP contribution in [0.15, 0.2) is 21.8 Å². The summed E-state index contributed by atoms with van der Waals surface area (Å²) in [6.45, 7) is 3.48. The molecule has 17 heavy (non-hydrogen) atoms. The van der Waals surface area contributed by atoms with Crippen LogP contribution in [0.2, 0.25) is 0 Å². The first-order chi connectivity index (χ1) is 7.89. The van der Waals surface area contributed by atoms with Crippen LogP contribution in [0.4, 0.5) is 0 Å². The predicted molar refractivity (Wildman–Crippen MR) is 60.1 cm³/mol. The fourth-order valence-corrected chi connectivity index (χ4v) is 2.03. The summed E-state index contributed by atoms with van der Waals surface area (Å²) in [5, 5.41) is 3.77. The highest BCUT2D eigenvalue weighted by molar-refractivity contribution is 7.90. The quantitative estimate of drug-likeness (QED) is 0.746. The first-order valence-corrected chi connectivity index (χ1v) is 6.75. The lowest BCUT2D eigenvalue weighted by Crippen LogP contribution is -2.03. The zero-order chi connectivity index (χ0) is 12.6. The second kappa shape index (κ2) is 3.92. The normalized spacial score (nSPS) is 11.7. The summed E-state index contributed by atoms with van der Waals surface area (Å²) in [5.74, 6) is 0.873. The lowest BCUT2D eigenvalue weighted by atomic mass is 10.2. The van der Waals surface area contributed by atoms with Crippen molar-refractivity contribution >= 4 is 9.84 Å². The number of sulfone groups is 1. The first kappa shape index (κ1) is 11.7. The van der Waals surface area contributed by atoms with Gasteiger partial charge in [-0.3, -0.25) is 0 Å². The molecule has 0 spiro atoms. The molecule has 0 aliphatic rings. The third-order valence-electron chi connectivity index (χ3n) is 2.27. The van der Waals surface area contributed by atoms with Gasteiger partial charge in [0, 0.05) is 12.5 Å². The van der Waals surface area contributed by atoms with E-state index in [-0.39, 0.29) is 5.03 Å². The Hall–Kier alpha value is -1.76. The summed E-state index contributed by atoms with van der Waals surface area (Å²) in [4.78, 5) is 8.05. The fraction of sp³-hybridized carbons (Fsp3) is 0.300. The monoisotopic (exact) mass is 253 g/mol. The van der Waals surface area contributed by atoms with Crippen LogP contribution >= 0.6 is 0 Å². The van der Waals surface area contributed by atoms with E-state index in [1.54, 1.807) is 13.8 Å². The minimum absolute atomic E-state index is 0.0116. The van der Waals surface area contributed by atoms with Crippen LogP contribution in [0.25, 0.3) is 11.4 Å². The van der Waals surface area contributed by atoms with Crippen LogP contribution in [-0.2, 0) is 9.84 Å². The van der Waals surface area contributed by atoms with Gasteiger partial charge < -0.3 is 4.52 Å². The molecule has 0 N–H and O–H groups in total. The Balaban J connectivity index is 2.63. The number of rotatable bonds is 2. The Morgan fingerprint density at radius 3 is 2.53 bits per heavy atom. The highest BCUT2D eigenvalue weighted by Crippen LogP contribution is 2.23. The van der Waals surface area contributed by atoms with Gasteiger partial charge in [-0.15, -0.1) is 0 Å². The van der Waals surface area contributed by atoms with Crippen LogP contribution < -0.4 is 0 Å². The van der Waals surface area contributed by atoms with Crippen molar-refractivity contribution in [2.45, 2.75) is 18.9 Å². The highest BCUT2D eigenvalue weighted by atomic mass is 32.2. The molecule has 0 saturated heterocycles. The van der Waals surface area contributed by atoms with E-state index in [2.05, 4.69) is 15.1 Å². The molecule has 7 heteroatoms. The van der Waals surface area contributed by atoms with E-state index in [0.717, 1.165) is 6.26 Å². The van der Waals surface area contributed by atoms with E-state index in [1.807, 2.05) is 0 Å². The predicted octanol–water partition coefficient (Wildman–Crippen LogP) is 1.15. The summed E-state index contributed by atoms with van der Waals surface area (Å²) in [7, 11) is -3.34. The molecule has 2 heterocycles. The van der Waals surface area contributed by atoms with Gasteiger partial charge in [0.25, 0.3) is 0 Å². The molecule has 90 valence electrons. The molecule has 0 radical (unpaired) electrons. The molecular formula is C10H11N3O3S. The van der Waals surface area contributed by atoms with Crippen molar-refractivity contribution in [1.82, 2.24) is 15.1 Å². The zero-order valence-corrected chi connectivity index (χ0v) is 10.4.